The molecule has 0 amide bonds. The second kappa shape index (κ2) is 6.04. The van der Waals surface area contributed by atoms with Crippen LogP contribution in [0.2, 0.25) is 0 Å². The summed E-state index contributed by atoms with van der Waals surface area (Å²) in [6, 6.07) is 5.76. The highest BCUT2D eigenvalue weighted by Gasteiger charge is 2.07. The van der Waals surface area contributed by atoms with Gasteiger partial charge in [-0.2, -0.15) is 0 Å². The summed E-state index contributed by atoms with van der Waals surface area (Å²) in [6.45, 7) is 2.33. The van der Waals surface area contributed by atoms with E-state index in [-0.39, 0.29) is 5.56 Å². The highest BCUT2D eigenvalue weighted by atomic mass is 127. The number of nitrogens with zero attached hydrogens (tertiary/aromatic N) is 2. The number of hydrogen-bond donors (Lipinski definition) is 0. The highest BCUT2D eigenvalue weighted by molar-refractivity contribution is 14.1. The predicted molar refractivity (Wildman–Crippen MR) is 85.7 cm³/mol. The topological polar surface area (TPSA) is 44.1 Å². The molecule has 0 saturated carbocycles. The first-order chi connectivity index (χ1) is 9.02. The van der Waals surface area contributed by atoms with Crippen LogP contribution in [-0.2, 0) is 6.54 Å². The number of methoxy groups -OCH3 is 1. The maximum Gasteiger partial charge on any atom is 0.267 e. The number of benzene rings is 1. The van der Waals surface area contributed by atoms with Crippen molar-refractivity contribution in [3.63, 3.8) is 0 Å². The Morgan fingerprint density at radius 2 is 2.21 bits per heavy atom. The molecule has 19 heavy (non-hydrogen) atoms. The molecule has 0 bridgehead atoms. The lowest BCUT2D eigenvalue weighted by molar-refractivity contribution is 0.412. The zero-order chi connectivity index (χ0) is 14.0. The second-order valence-electron chi connectivity index (χ2n) is 4.01. The fraction of sp³-hybridized carbons (Fsp3) is 0.231. The third kappa shape index (κ3) is 3.17. The van der Waals surface area contributed by atoms with Gasteiger partial charge in [-0.25, -0.2) is 4.98 Å². The molecule has 4 nitrogen and oxygen atoms in total. The summed E-state index contributed by atoms with van der Waals surface area (Å²) < 4.78 is 8.34. The van der Waals surface area contributed by atoms with Crippen molar-refractivity contribution in [2.24, 2.45) is 0 Å². The van der Waals surface area contributed by atoms with E-state index in [0.717, 1.165) is 15.8 Å². The van der Waals surface area contributed by atoms with Gasteiger partial charge in [-0.15, -0.1) is 0 Å². The van der Waals surface area contributed by atoms with Crippen molar-refractivity contribution in [3.05, 3.63) is 54.2 Å². The van der Waals surface area contributed by atoms with Gasteiger partial charge in [0.05, 0.1) is 21.7 Å². The molecule has 100 valence electrons. The monoisotopic (exact) mass is 434 g/mol. The highest BCUT2D eigenvalue weighted by Crippen LogP contribution is 2.25. The Balaban J connectivity index is 2.39. The first-order valence-corrected chi connectivity index (χ1v) is 7.44. The number of aryl methyl sites for hydroxylation is 1. The van der Waals surface area contributed by atoms with Crippen LogP contribution in [0.25, 0.3) is 0 Å². The smallest absolute Gasteiger partial charge is 0.267 e. The maximum atomic E-state index is 12.1. The van der Waals surface area contributed by atoms with Crippen LogP contribution in [0.15, 0.2) is 33.7 Å². The van der Waals surface area contributed by atoms with E-state index in [4.69, 9.17) is 4.74 Å². The Hall–Kier alpha value is -0.890. The van der Waals surface area contributed by atoms with Crippen molar-refractivity contribution in [3.8, 4) is 5.75 Å². The molecule has 6 heteroatoms. The maximum absolute atomic E-state index is 12.1. The number of hydrogen-bond acceptors (Lipinski definition) is 3. The number of aromatic nitrogens is 2. The van der Waals surface area contributed by atoms with Gasteiger partial charge in [0.1, 0.15) is 11.6 Å². The molecule has 2 aromatic rings. The van der Waals surface area contributed by atoms with Gasteiger partial charge >= 0.3 is 0 Å². The van der Waals surface area contributed by atoms with Gasteiger partial charge in [-0.1, -0.05) is 6.07 Å². The Kier molecular flexibility index (Phi) is 4.62. The van der Waals surface area contributed by atoms with Crippen LogP contribution in [0.4, 0.5) is 0 Å². The average Bonchev–Trinajstić information content (AvgIpc) is 2.39. The van der Waals surface area contributed by atoms with E-state index >= 15 is 0 Å². The van der Waals surface area contributed by atoms with Gasteiger partial charge in [0.15, 0.2) is 0 Å². The molecule has 0 N–H and O–H groups in total. The van der Waals surface area contributed by atoms with E-state index in [1.165, 1.54) is 0 Å². The number of ether oxygens (including phenoxy) is 1. The molecule has 0 unspecified atom stereocenters. The Morgan fingerprint density at radius 1 is 1.47 bits per heavy atom. The number of rotatable bonds is 3. The third-order valence-corrected chi connectivity index (χ3v) is 4.12. The van der Waals surface area contributed by atoms with Crippen LogP contribution >= 0.6 is 38.5 Å². The summed E-state index contributed by atoms with van der Waals surface area (Å²) in [4.78, 5) is 16.3. The van der Waals surface area contributed by atoms with Gasteiger partial charge in [-0.3, -0.25) is 9.36 Å². The van der Waals surface area contributed by atoms with Crippen LogP contribution in [0.1, 0.15) is 11.4 Å². The van der Waals surface area contributed by atoms with Crippen LogP contribution in [-0.4, -0.2) is 16.7 Å². The molecule has 0 spiro atoms. The summed E-state index contributed by atoms with van der Waals surface area (Å²) in [5.41, 5.74) is 1.00. The molecule has 0 aliphatic rings. The fourth-order valence-corrected chi connectivity index (χ4v) is 2.75. The molecule has 0 saturated heterocycles. The lowest BCUT2D eigenvalue weighted by Crippen LogP contribution is -2.26. The predicted octanol–water partition coefficient (Wildman–Crippen LogP) is 2.98. The van der Waals surface area contributed by atoms with Crippen molar-refractivity contribution in [1.29, 1.82) is 0 Å². The van der Waals surface area contributed by atoms with Crippen LogP contribution in [0.5, 0.6) is 5.75 Å². The quantitative estimate of drug-likeness (QED) is 0.697. The van der Waals surface area contributed by atoms with E-state index in [9.17, 15) is 4.79 Å². The second-order valence-corrected chi connectivity index (χ2v) is 6.03. The number of halogens is 2. The van der Waals surface area contributed by atoms with Crippen molar-refractivity contribution >= 4 is 38.5 Å². The fourth-order valence-electron chi connectivity index (χ4n) is 1.73. The minimum atomic E-state index is -0.0139. The van der Waals surface area contributed by atoms with Gasteiger partial charge < -0.3 is 4.74 Å². The molecule has 2 rings (SSSR count). The summed E-state index contributed by atoms with van der Waals surface area (Å²) >= 11 is 5.44. The SMILES string of the molecule is COc1ccc(Cn2c(C)ncc(I)c2=O)cc1Br. The molecular weight excluding hydrogens is 423 g/mol. The Labute approximate surface area is 133 Å². The van der Waals surface area contributed by atoms with Crippen LogP contribution in [0, 0.1) is 10.5 Å². The van der Waals surface area contributed by atoms with Gasteiger partial charge in [0.25, 0.3) is 5.56 Å². The van der Waals surface area contributed by atoms with Crippen molar-refractivity contribution in [1.82, 2.24) is 9.55 Å². The van der Waals surface area contributed by atoms with Crippen molar-refractivity contribution in [2.45, 2.75) is 13.5 Å². The zero-order valence-corrected chi connectivity index (χ0v) is 14.2. The summed E-state index contributed by atoms with van der Waals surface area (Å²) in [7, 11) is 1.62. The molecule has 0 fully saturated rings. The summed E-state index contributed by atoms with van der Waals surface area (Å²) in [5.74, 6) is 1.48. The van der Waals surface area contributed by atoms with E-state index in [1.807, 2.05) is 47.7 Å². The molecule has 0 atom stereocenters. The largest absolute Gasteiger partial charge is 0.496 e. The molecule has 1 aromatic heterocycles. The van der Waals surface area contributed by atoms with E-state index < -0.39 is 0 Å². The molecule has 0 aliphatic carbocycles. The average molecular weight is 435 g/mol. The van der Waals surface area contributed by atoms with E-state index in [1.54, 1.807) is 17.9 Å². The van der Waals surface area contributed by atoms with Gasteiger partial charge in [0.2, 0.25) is 0 Å². The van der Waals surface area contributed by atoms with Gasteiger partial charge in [0, 0.05) is 6.20 Å². The minimum Gasteiger partial charge on any atom is -0.496 e. The molecule has 0 aliphatic heterocycles. The third-order valence-electron chi connectivity index (χ3n) is 2.76. The summed E-state index contributed by atoms with van der Waals surface area (Å²) in [5, 5.41) is 0. The van der Waals surface area contributed by atoms with Crippen molar-refractivity contribution < 1.29 is 4.74 Å². The standard InChI is InChI=1S/C13H12BrIN2O2/c1-8-16-6-11(15)13(18)17(8)7-9-3-4-12(19-2)10(14)5-9/h3-6H,7H2,1-2H3. The molecule has 0 radical (unpaired) electrons. The molecule has 1 heterocycles. The Morgan fingerprint density at radius 3 is 2.84 bits per heavy atom. The first kappa shape index (κ1) is 14.5. The Bertz CT molecular complexity index is 670. The van der Waals surface area contributed by atoms with E-state index in [2.05, 4.69) is 20.9 Å². The lowest BCUT2D eigenvalue weighted by atomic mass is 10.2. The minimum absolute atomic E-state index is 0.0139. The lowest BCUT2D eigenvalue weighted by Gasteiger charge is -2.11. The molecule has 1 aromatic carbocycles. The zero-order valence-electron chi connectivity index (χ0n) is 10.5. The normalized spacial score (nSPS) is 10.5. The van der Waals surface area contributed by atoms with Crippen LogP contribution < -0.4 is 10.3 Å². The van der Waals surface area contributed by atoms with E-state index in [0.29, 0.717) is 15.9 Å². The van der Waals surface area contributed by atoms with Crippen LogP contribution in [0.3, 0.4) is 0 Å². The first-order valence-electron chi connectivity index (χ1n) is 5.57. The van der Waals surface area contributed by atoms with Crippen molar-refractivity contribution in [2.75, 3.05) is 7.11 Å². The summed E-state index contributed by atoms with van der Waals surface area (Å²) in [6.07, 6.45) is 1.60. The molecular formula is C13H12BrIN2O2. The van der Waals surface area contributed by atoms with Gasteiger partial charge in [-0.05, 0) is 63.1 Å².